The van der Waals surface area contributed by atoms with Gasteiger partial charge in [-0.3, -0.25) is 9.59 Å². The SMILES string of the molecule is CC[n+]1[nH]ccc1C(=O)N[C@H](c1cn2nc(C[C@@H]3C[C@H](C)CNC3=O)c(C3CCOCC3)cc2n1)C1CCC(F)(F)CC1. The largest absolute Gasteiger partial charge is 0.381 e. The van der Waals surface area contributed by atoms with Crippen LogP contribution in [0.4, 0.5) is 8.78 Å². The first kappa shape index (κ1) is 29.7. The van der Waals surface area contributed by atoms with Gasteiger partial charge in [-0.05, 0) is 68.4 Å². The third-order valence-electron chi connectivity index (χ3n) is 9.51. The fraction of sp³-hybridized carbons (Fsp3) is 0.645. The Morgan fingerprint density at radius 3 is 2.77 bits per heavy atom. The van der Waals surface area contributed by atoms with Gasteiger partial charge >= 0.3 is 5.91 Å². The first-order chi connectivity index (χ1) is 20.7. The van der Waals surface area contributed by atoms with Crippen LogP contribution in [-0.2, 0) is 22.5 Å². The van der Waals surface area contributed by atoms with Crippen molar-refractivity contribution in [1.82, 2.24) is 30.3 Å². The van der Waals surface area contributed by atoms with Gasteiger partial charge in [0.2, 0.25) is 11.8 Å². The molecule has 2 amide bonds. The molecule has 0 spiro atoms. The molecule has 3 N–H and O–H groups in total. The van der Waals surface area contributed by atoms with Crippen molar-refractivity contribution in [3.05, 3.63) is 47.2 Å². The molecule has 3 atom stereocenters. The number of ether oxygens (including phenoxy) is 1. The summed E-state index contributed by atoms with van der Waals surface area (Å²) >= 11 is 0. The van der Waals surface area contributed by atoms with Crippen molar-refractivity contribution in [2.24, 2.45) is 17.8 Å². The number of imidazole rings is 1. The maximum Gasteiger partial charge on any atom is 0.319 e. The summed E-state index contributed by atoms with van der Waals surface area (Å²) in [6.45, 7) is 6.72. The van der Waals surface area contributed by atoms with Crippen LogP contribution in [0.15, 0.2) is 24.5 Å². The number of aromatic amines is 1. The molecule has 6 rings (SSSR count). The van der Waals surface area contributed by atoms with Gasteiger partial charge in [-0.2, -0.15) is 10.2 Å². The number of nitrogens with one attached hydrogen (secondary N) is 3. The van der Waals surface area contributed by atoms with Gasteiger partial charge in [0.15, 0.2) is 12.2 Å². The normalized spacial score (nSPS) is 24.1. The Balaban J connectivity index is 1.36. The Morgan fingerprint density at radius 1 is 1.26 bits per heavy atom. The van der Waals surface area contributed by atoms with Gasteiger partial charge in [0, 0.05) is 51.0 Å². The van der Waals surface area contributed by atoms with E-state index in [2.05, 4.69) is 28.7 Å². The molecule has 5 heterocycles. The number of piperidine rings is 1. The number of alkyl halides is 2. The molecule has 1 aliphatic carbocycles. The molecule has 3 aromatic rings. The number of rotatable bonds is 8. The van der Waals surface area contributed by atoms with Gasteiger partial charge in [-0.15, -0.1) is 4.68 Å². The van der Waals surface area contributed by atoms with E-state index in [0.29, 0.717) is 55.7 Å². The van der Waals surface area contributed by atoms with Gasteiger partial charge in [0.25, 0.3) is 5.69 Å². The van der Waals surface area contributed by atoms with Crippen LogP contribution in [0.1, 0.15) is 98.2 Å². The second-order valence-corrected chi connectivity index (χ2v) is 12.6. The van der Waals surface area contributed by atoms with Crippen molar-refractivity contribution in [2.75, 3.05) is 19.8 Å². The number of carbonyl (C=O) groups excluding carboxylic acids is 2. The quantitative estimate of drug-likeness (QED) is 0.341. The summed E-state index contributed by atoms with van der Waals surface area (Å²) in [6, 6.07) is 3.23. The van der Waals surface area contributed by atoms with E-state index in [4.69, 9.17) is 14.8 Å². The molecule has 2 aliphatic heterocycles. The maximum absolute atomic E-state index is 14.1. The van der Waals surface area contributed by atoms with E-state index in [-0.39, 0.29) is 55.3 Å². The number of carbonyl (C=O) groups is 2. The number of aryl methyl sites for hydroxylation is 1. The number of aromatic nitrogens is 5. The smallest absolute Gasteiger partial charge is 0.319 e. The molecule has 43 heavy (non-hydrogen) atoms. The molecular weight excluding hydrogens is 556 g/mol. The average molecular weight is 599 g/mol. The highest BCUT2D eigenvalue weighted by atomic mass is 19.3. The molecule has 3 aromatic heterocycles. The Bertz CT molecular complexity index is 1450. The van der Waals surface area contributed by atoms with E-state index in [0.717, 1.165) is 30.5 Å². The summed E-state index contributed by atoms with van der Waals surface area (Å²) in [7, 11) is 0. The number of H-pyrrole nitrogens is 1. The predicted octanol–water partition coefficient (Wildman–Crippen LogP) is 3.87. The molecular formula is C31H42F2N7O3+. The van der Waals surface area contributed by atoms with Crippen LogP contribution in [0.2, 0.25) is 0 Å². The molecule has 0 unspecified atom stereocenters. The molecule has 0 bridgehead atoms. The van der Waals surface area contributed by atoms with Gasteiger partial charge < -0.3 is 15.4 Å². The summed E-state index contributed by atoms with van der Waals surface area (Å²) < 4.78 is 37.4. The Hall–Kier alpha value is -3.41. The molecule has 0 radical (unpaired) electrons. The highest BCUT2D eigenvalue weighted by Gasteiger charge is 2.40. The molecule has 3 aliphatic rings. The first-order valence-corrected chi connectivity index (χ1v) is 15.7. The van der Waals surface area contributed by atoms with Crippen molar-refractivity contribution >= 4 is 17.5 Å². The van der Waals surface area contributed by atoms with Gasteiger partial charge in [0.05, 0.1) is 29.8 Å². The number of amides is 2. The number of nitrogens with zero attached hydrogens (tertiary/aromatic N) is 4. The van der Waals surface area contributed by atoms with E-state index in [1.165, 1.54) is 0 Å². The monoisotopic (exact) mass is 598 g/mol. The van der Waals surface area contributed by atoms with E-state index in [1.54, 1.807) is 21.5 Å². The first-order valence-electron chi connectivity index (χ1n) is 15.7. The predicted molar refractivity (Wildman–Crippen MR) is 154 cm³/mol. The van der Waals surface area contributed by atoms with Gasteiger partial charge in [-0.25, -0.2) is 18.3 Å². The lowest BCUT2D eigenvalue weighted by Gasteiger charge is -2.33. The third-order valence-corrected chi connectivity index (χ3v) is 9.51. The standard InChI is InChI=1S/C31H41F2N7O3/c1-3-39-26(6-11-35-39)30(42)37-28(21-4-9-31(32,33)10-5-21)25-18-40-27(36-25)16-23(20-7-12-43-13-8-20)24(38-40)15-22-14-19(2)17-34-29(22)41/h6,11,16,18-22,28H,3-5,7-10,12-15,17H2,1-2H3,(H2,34,37,41,42)/p+1/t19-,22-,28-/m0/s1. The van der Waals surface area contributed by atoms with E-state index in [1.807, 2.05) is 13.1 Å². The van der Waals surface area contributed by atoms with Crippen molar-refractivity contribution in [1.29, 1.82) is 0 Å². The fourth-order valence-electron chi connectivity index (χ4n) is 7.04. The zero-order valence-corrected chi connectivity index (χ0v) is 25.0. The third kappa shape index (κ3) is 6.44. The van der Waals surface area contributed by atoms with Crippen LogP contribution in [-0.4, -0.2) is 57.2 Å². The van der Waals surface area contributed by atoms with Crippen LogP contribution in [0.3, 0.4) is 0 Å². The molecule has 12 heteroatoms. The topological polar surface area (TPSA) is 117 Å². The Labute approximate surface area is 250 Å². The molecule has 2 saturated heterocycles. The van der Waals surface area contributed by atoms with Gasteiger partial charge in [-0.1, -0.05) is 6.92 Å². The van der Waals surface area contributed by atoms with Crippen LogP contribution in [0, 0.1) is 17.8 Å². The van der Waals surface area contributed by atoms with E-state index < -0.39 is 12.0 Å². The Morgan fingerprint density at radius 2 is 2.02 bits per heavy atom. The number of halogens is 2. The molecule has 0 aromatic carbocycles. The van der Waals surface area contributed by atoms with Crippen molar-refractivity contribution < 1.29 is 27.8 Å². The summed E-state index contributed by atoms with van der Waals surface area (Å²) in [5.41, 5.74) is 3.70. The van der Waals surface area contributed by atoms with Gasteiger partial charge in [0.1, 0.15) is 0 Å². The lowest BCUT2D eigenvalue weighted by molar-refractivity contribution is -0.748. The van der Waals surface area contributed by atoms with Crippen molar-refractivity contribution in [3.63, 3.8) is 0 Å². The molecule has 1 saturated carbocycles. The van der Waals surface area contributed by atoms with Crippen LogP contribution >= 0.6 is 0 Å². The lowest BCUT2D eigenvalue weighted by Crippen LogP contribution is -2.45. The minimum Gasteiger partial charge on any atom is -0.381 e. The van der Waals surface area contributed by atoms with Crippen molar-refractivity contribution in [2.45, 2.75) is 89.6 Å². The number of hydrogen-bond acceptors (Lipinski definition) is 5. The van der Waals surface area contributed by atoms with E-state index in [9.17, 15) is 18.4 Å². The highest BCUT2D eigenvalue weighted by Crippen LogP contribution is 2.41. The maximum atomic E-state index is 14.1. The summed E-state index contributed by atoms with van der Waals surface area (Å²) in [5.74, 6) is -2.60. The lowest BCUT2D eigenvalue weighted by atomic mass is 9.81. The second kappa shape index (κ2) is 12.3. The molecule has 10 nitrogen and oxygen atoms in total. The number of fused-ring (bicyclic) bond motifs is 1. The average Bonchev–Trinajstić information content (AvgIpc) is 3.65. The van der Waals surface area contributed by atoms with Crippen molar-refractivity contribution in [3.8, 4) is 0 Å². The van der Waals surface area contributed by atoms with Crippen LogP contribution in [0.5, 0.6) is 0 Å². The second-order valence-electron chi connectivity index (χ2n) is 12.6. The molecule has 3 fully saturated rings. The Kier molecular flexibility index (Phi) is 8.48. The van der Waals surface area contributed by atoms with Crippen LogP contribution < -0.4 is 15.3 Å². The zero-order chi connectivity index (χ0) is 30.1. The number of hydrogen-bond donors (Lipinski definition) is 3. The minimum atomic E-state index is -2.69. The van der Waals surface area contributed by atoms with E-state index >= 15 is 0 Å². The highest BCUT2D eigenvalue weighted by molar-refractivity contribution is 5.91. The summed E-state index contributed by atoms with van der Waals surface area (Å²) in [4.78, 5) is 31.2. The summed E-state index contributed by atoms with van der Waals surface area (Å²) in [5, 5.41) is 14.2. The molecule has 232 valence electrons. The fourth-order valence-corrected chi connectivity index (χ4v) is 7.04. The minimum absolute atomic E-state index is 0.0650. The summed E-state index contributed by atoms with van der Waals surface area (Å²) in [6.07, 6.45) is 6.75. The zero-order valence-electron chi connectivity index (χ0n) is 25.0. The van der Waals surface area contributed by atoms with Crippen LogP contribution in [0.25, 0.3) is 5.65 Å².